The summed E-state index contributed by atoms with van der Waals surface area (Å²) < 4.78 is 9.82. The van der Waals surface area contributed by atoms with E-state index in [4.69, 9.17) is 10.00 Å². The maximum atomic E-state index is 9.12. The number of nitrogens with one attached hydrogen (secondary N) is 1. The Labute approximate surface area is 143 Å². The van der Waals surface area contributed by atoms with Gasteiger partial charge in [-0.1, -0.05) is 0 Å². The van der Waals surface area contributed by atoms with E-state index >= 15 is 0 Å². The number of aryl methyl sites for hydroxylation is 1. The van der Waals surface area contributed by atoms with Crippen LogP contribution in [0.25, 0.3) is 0 Å². The first-order valence-corrected chi connectivity index (χ1v) is 8.54. The lowest BCUT2D eigenvalue weighted by atomic mass is 9.97. The van der Waals surface area contributed by atoms with Gasteiger partial charge in [-0.3, -0.25) is 4.68 Å². The molecule has 0 unspecified atom stereocenters. The summed E-state index contributed by atoms with van der Waals surface area (Å²) in [6.45, 7) is 7.50. The number of hydrogen-bond donors (Lipinski definition) is 1. The van der Waals surface area contributed by atoms with E-state index in [1.54, 1.807) is 0 Å². The van der Waals surface area contributed by atoms with Gasteiger partial charge in [0.15, 0.2) is 0 Å². The molecule has 1 aliphatic rings. The Hall–Kier alpha value is -2.10. The van der Waals surface area contributed by atoms with Crippen LogP contribution in [0.4, 0.5) is 0 Å². The third-order valence-corrected chi connectivity index (χ3v) is 5.00. The minimum atomic E-state index is 0.129. The van der Waals surface area contributed by atoms with Gasteiger partial charge in [-0.05, 0) is 31.9 Å². The lowest BCUT2D eigenvalue weighted by Crippen LogP contribution is -2.24. The molecular weight excluding hydrogens is 302 g/mol. The molecule has 0 saturated carbocycles. The van der Waals surface area contributed by atoms with Gasteiger partial charge in [-0.25, -0.2) is 0 Å². The molecule has 2 atom stereocenters. The summed E-state index contributed by atoms with van der Waals surface area (Å²) >= 11 is 0. The van der Waals surface area contributed by atoms with E-state index < -0.39 is 0 Å². The Morgan fingerprint density at radius 1 is 1.50 bits per heavy atom. The molecule has 1 N–H and O–H groups in total. The van der Waals surface area contributed by atoms with Crippen LogP contribution in [0.2, 0.25) is 0 Å². The fourth-order valence-corrected chi connectivity index (χ4v) is 3.35. The Morgan fingerprint density at radius 2 is 2.33 bits per heavy atom. The van der Waals surface area contributed by atoms with Crippen LogP contribution in [0.1, 0.15) is 42.0 Å². The Kier molecular flexibility index (Phi) is 5.03. The highest BCUT2D eigenvalue weighted by Crippen LogP contribution is 2.33. The first-order chi connectivity index (χ1) is 11.6. The standard InChI is InChI=1S/C18H25N5O/c1-4-23-12-16(11-21-23)18-14(5-6-24-18)9-20-10-15-7-17(8-19)22(3)13(15)2/h7,11-12,14,18,20H,4-6,9-10H2,1-3H3/t14-,18+/m0/s1. The van der Waals surface area contributed by atoms with Gasteiger partial charge in [0.1, 0.15) is 11.8 Å². The second kappa shape index (κ2) is 7.20. The topological polar surface area (TPSA) is 67.8 Å². The van der Waals surface area contributed by atoms with Crippen molar-refractivity contribution in [2.24, 2.45) is 13.0 Å². The first kappa shape index (κ1) is 16.7. The molecule has 3 rings (SSSR count). The maximum absolute atomic E-state index is 9.12. The van der Waals surface area contributed by atoms with Gasteiger partial charge in [0.25, 0.3) is 0 Å². The van der Waals surface area contributed by atoms with Crippen LogP contribution in [0.5, 0.6) is 0 Å². The lowest BCUT2D eigenvalue weighted by molar-refractivity contribution is 0.0904. The zero-order valence-electron chi connectivity index (χ0n) is 14.6. The van der Waals surface area contributed by atoms with Crippen molar-refractivity contribution in [2.75, 3.05) is 13.2 Å². The van der Waals surface area contributed by atoms with E-state index in [1.807, 2.05) is 28.6 Å². The molecule has 2 aromatic rings. The van der Waals surface area contributed by atoms with Gasteiger partial charge >= 0.3 is 0 Å². The number of ether oxygens (including phenoxy) is 1. The van der Waals surface area contributed by atoms with E-state index in [9.17, 15) is 0 Å². The third-order valence-electron chi connectivity index (χ3n) is 5.00. The average Bonchev–Trinajstić information content (AvgIpc) is 3.29. The molecule has 0 radical (unpaired) electrons. The van der Waals surface area contributed by atoms with Crippen LogP contribution in [0.15, 0.2) is 18.5 Å². The van der Waals surface area contributed by atoms with Gasteiger partial charge in [0.05, 0.1) is 12.3 Å². The summed E-state index contributed by atoms with van der Waals surface area (Å²) in [7, 11) is 1.93. The van der Waals surface area contributed by atoms with E-state index in [0.29, 0.717) is 11.6 Å². The molecule has 6 nitrogen and oxygen atoms in total. The zero-order valence-corrected chi connectivity index (χ0v) is 14.6. The highest BCUT2D eigenvalue weighted by molar-refractivity contribution is 5.34. The molecule has 0 amide bonds. The van der Waals surface area contributed by atoms with Crippen LogP contribution >= 0.6 is 0 Å². The number of rotatable bonds is 6. The van der Waals surface area contributed by atoms with E-state index in [2.05, 4.69) is 36.5 Å². The summed E-state index contributed by atoms with van der Waals surface area (Å²) in [5.74, 6) is 0.457. The Balaban J connectivity index is 1.59. The minimum absolute atomic E-state index is 0.129. The predicted molar refractivity (Wildman–Crippen MR) is 91.3 cm³/mol. The van der Waals surface area contributed by atoms with Crippen molar-refractivity contribution < 1.29 is 4.74 Å². The second-order valence-electron chi connectivity index (χ2n) is 6.41. The smallest absolute Gasteiger partial charge is 0.120 e. The SMILES string of the molecule is CCn1cc([C@@H]2OCC[C@H]2CNCc2cc(C#N)n(C)c2C)cn1. The number of nitrogens with zero attached hydrogens (tertiary/aromatic N) is 4. The molecule has 1 aliphatic heterocycles. The maximum Gasteiger partial charge on any atom is 0.120 e. The minimum Gasteiger partial charge on any atom is -0.373 e. The van der Waals surface area contributed by atoms with Crippen molar-refractivity contribution in [3.8, 4) is 6.07 Å². The van der Waals surface area contributed by atoms with Crippen molar-refractivity contribution in [1.82, 2.24) is 19.7 Å². The van der Waals surface area contributed by atoms with Gasteiger partial charge in [-0.15, -0.1) is 0 Å². The molecule has 6 heteroatoms. The summed E-state index contributed by atoms with van der Waals surface area (Å²) in [6.07, 6.45) is 5.20. The molecule has 0 aromatic carbocycles. The van der Waals surface area contributed by atoms with Crippen molar-refractivity contribution in [3.63, 3.8) is 0 Å². The number of hydrogen-bond acceptors (Lipinski definition) is 4. The fourth-order valence-electron chi connectivity index (χ4n) is 3.35. The molecule has 3 heterocycles. The first-order valence-electron chi connectivity index (χ1n) is 8.54. The quantitative estimate of drug-likeness (QED) is 0.884. The summed E-state index contributed by atoms with van der Waals surface area (Å²) in [5.41, 5.74) is 4.20. The van der Waals surface area contributed by atoms with Crippen LogP contribution in [-0.4, -0.2) is 27.5 Å². The molecule has 24 heavy (non-hydrogen) atoms. The zero-order chi connectivity index (χ0) is 17.1. The van der Waals surface area contributed by atoms with Crippen LogP contribution in [0, 0.1) is 24.2 Å². The van der Waals surface area contributed by atoms with Gasteiger partial charge < -0.3 is 14.6 Å². The molecule has 0 bridgehead atoms. The molecule has 0 aliphatic carbocycles. The normalized spacial score (nSPS) is 20.4. The Bertz CT molecular complexity index is 739. The van der Waals surface area contributed by atoms with Crippen molar-refractivity contribution in [2.45, 2.75) is 39.5 Å². The number of nitriles is 1. The summed E-state index contributed by atoms with van der Waals surface area (Å²) in [6, 6.07) is 4.20. The highest BCUT2D eigenvalue weighted by atomic mass is 16.5. The summed E-state index contributed by atoms with van der Waals surface area (Å²) in [5, 5.41) is 17.0. The van der Waals surface area contributed by atoms with Crippen LogP contribution in [0.3, 0.4) is 0 Å². The Morgan fingerprint density at radius 3 is 3.00 bits per heavy atom. The second-order valence-corrected chi connectivity index (χ2v) is 6.41. The molecule has 1 saturated heterocycles. The van der Waals surface area contributed by atoms with Crippen LogP contribution < -0.4 is 5.32 Å². The van der Waals surface area contributed by atoms with E-state index in [-0.39, 0.29) is 6.10 Å². The highest BCUT2D eigenvalue weighted by Gasteiger charge is 2.30. The van der Waals surface area contributed by atoms with Gasteiger partial charge in [0.2, 0.25) is 0 Å². The predicted octanol–water partition coefficient (Wildman–Crippen LogP) is 2.29. The summed E-state index contributed by atoms with van der Waals surface area (Å²) in [4.78, 5) is 0. The number of aromatic nitrogens is 3. The van der Waals surface area contributed by atoms with E-state index in [1.165, 1.54) is 11.1 Å². The largest absolute Gasteiger partial charge is 0.373 e. The third kappa shape index (κ3) is 3.23. The van der Waals surface area contributed by atoms with Crippen LogP contribution in [-0.2, 0) is 24.9 Å². The molecule has 128 valence electrons. The molecule has 0 spiro atoms. The fraction of sp³-hybridized carbons (Fsp3) is 0.556. The molecule has 2 aromatic heterocycles. The van der Waals surface area contributed by atoms with Gasteiger partial charge in [-0.2, -0.15) is 10.4 Å². The molecule has 1 fully saturated rings. The average molecular weight is 327 g/mol. The monoisotopic (exact) mass is 327 g/mol. The lowest BCUT2D eigenvalue weighted by Gasteiger charge is -2.18. The van der Waals surface area contributed by atoms with E-state index in [0.717, 1.165) is 38.4 Å². The van der Waals surface area contributed by atoms with Crippen molar-refractivity contribution >= 4 is 0 Å². The van der Waals surface area contributed by atoms with Crippen molar-refractivity contribution in [1.29, 1.82) is 5.26 Å². The molecular formula is C18H25N5O. The van der Waals surface area contributed by atoms with Gasteiger partial charge in [0, 0.05) is 56.7 Å². The van der Waals surface area contributed by atoms with Crippen molar-refractivity contribution in [3.05, 3.63) is 41.0 Å².